The van der Waals surface area contributed by atoms with Gasteiger partial charge in [0.05, 0.1) is 6.42 Å². The quantitative estimate of drug-likeness (QED) is 0.717. The molecule has 0 bridgehead atoms. The fourth-order valence-electron chi connectivity index (χ4n) is 2.38. The van der Waals surface area contributed by atoms with E-state index in [0.717, 1.165) is 25.8 Å². The van der Waals surface area contributed by atoms with Crippen molar-refractivity contribution in [2.75, 3.05) is 19.6 Å². The van der Waals surface area contributed by atoms with Crippen LogP contribution < -0.4 is 0 Å². The number of likely N-dealkylation sites (tertiary alicyclic amines) is 1. The molecule has 1 aromatic rings. The molecule has 0 N–H and O–H groups in total. The molecule has 94 valence electrons. The Morgan fingerprint density at radius 3 is 3.24 bits per heavy atom. The van der Waals surface area contributed by atoms with Gasteiger partial charge in [0, 0.05) is 13.0 Å². The van der Waals surface area contributed by atoms with E-state index in [1.54, 1.807) is 0 Å². The van der Waals surface area contributed by atoms with Gasteiger partial charge in [0.1, 0.15) is 6.29 Å². The predicted octanol–water partition coefficient (Wildman–Crippen LogP) is 1.09. The normalized spacial score (nSPS) is 21.6. The third-order valence-electron chi connectivity index (χ3n) is 3.29. The zero-order valence-corrected chi connectivity index (χ0v) is 10.3. The van der Waals surface area contributed by atoms with E-state index in [9.17, 15) is 4.79 Å². The minimum absolute atomic E-state index is 0.245. The fraction of sp³-hybridized carbons (Fsp3) is 0.750. The van der Waals surface area contributed by atoms with Crippen molar-refractivity contribution in [3.8, 4) is 0 Å². The first-order valence-electron chi connectivity index (χ1n) is 6.29. The van der Waals surface area contributed by atoms with E-state index in [2.05, 4.69) is 22.0 Å². The molecule has 1 atom stereocenters. The second-order valence-corrected chi connectivity index (χ2v) is 4.58. The summed E-state index contributed by atoms with van der Waals surface area (Å²) in [6.07, 6.45) is 4.35. The van der Waals surface area contributed by atoms with Crippen molar-refractivity contribution in [1.29, 1.82) is 0 Å². The maximum absolute atomic E-state index is 10.3. The van der Waals surface area contributed by atoms with Crippen molar-refractivity contribution >= 4 is 6.29 Å². The van der Waals surface area contributed by atoms with Crippen LogP contribution >= 0.6 is 0 Å². The Labute approximate surface area is 101 Å². The van der Waals surface area contributed by atoms with Gasteiger partial charge in [-0.05, 0) is 31.8 Å². The van der Waals surface area contributed by atoms with Gasteiger partial charge in [-0.25, -0.2) is 0 Å². The summed E-state index contributed by atoms with van der Waals surface area (Å²) in [6.45, 7) is 5.61. The average molecular weight is 237 g/mol. The molecule has 1 aliphatic heterocycles. The zero-order chi connectivity index (χ0) is 12.1. The van der Waals surface area contributed by atoms with E-state index in [4.69, 9.17) is 4.52 Å². The topological polar surface area (TPSA) is 59.2 Å². The molecular formula is C12H19N3O2. The molecule has 5 nitrogen and oxygen atoms in total. The molecule has 2 heterocycles. The van der Waals surface area contributed by atoms with Gasteiger partial charge in [0.25, 0.3) is 0 Å². The minimum Gasteiger partial charge on any atom is -0.339 e. The number of aromatic nitrogens is 2. The second-order valence-electron chi connectivity index (χ2n) is 4.58. The molecule has 1 fully saturated rings. The molecule has 0 aliphatic carbocycles. The van der Waals surface area contributed by atoms with Gasteiger partial charge >= 0.3 is 0 Å². The van der Waals surface area contributed by atoms with Crippen LogP contribution in [0.2, 0.25) is 0 Å². The molecule has 1 saturated heterocycles. The summed E-state index contributed by atoms with van der Waals surface area (Å²) in [6, 6.07) is 0. The lowest BCUT2D eigenvalue weighted by Crippen LogP contribution is -2.35. The van der Waals surface area contributed by atoms with Crippen molar-refractivity contribution in [1.82, 2.24) is 15.0 Å². The number of piperidine rings is 1. The average Bonchev–Trinajstić information content (AvgIpc) is 2.77. The highest BCUT2D eigenvalue weighted by molar-refractivity contribution is 5.52. The van der Waals surface area contributed by atoms with Gasteiger partial charge in [-0.1, -0.05) is 12.1 Å². The van der Waals surface area contributed by atoms with Crippen LogP contribution in [0.15, 0.2) is 4.52 Å². The van der Waals surface area contributed by atoms with Crippen molar-refractivity contribution in [2.45, 2.75) is 32.6 Å². The molecule has 0 spiro atoms. The molecule has 0 radical (unpaired) electrons. The molecule has 0 saturated carbocycles. The van der Waals surface area contributed by atoms with Gasteiger partial charge < -0.3 is 14.2 Å². The summed E-state index contributed by atoms with van der Waals surface area (Å²) in [5.41, 5.74) is 0. The number of carbonyl (C=O) groups excluding carboxylic acids is 1. The number of rotatable bonds is 5. The first-order chi connectivity index (χ1) is 8.31. The summed E-state index contributed by atoms with van der Waals surface area (Å²) in [4.78, 5) is 17.0. The van der Waals surface area contributed by atoms with Gasteiger partial charge in [0.15, 0.2) is 5.82 Å². The van der Waals surface area contributed by atoms with E-state index in [1.165, 1.54) is 19.4 Å². The van der Waals surface area contributed by atoms with Crippen LogP contribution in [0.3, 0.4) is 0 Å². The molecule has 1 aliphatic rings. The number of hydrogen-bond donors (Lipinski definition) is 0. The Bertz CT molecular complexity index is 364. The third kappa shape index (κ3) is 3.36. The molecular weight excluding hydrogens is 218 g/mol. The maximum atomic E-state index is 10.3. The number of nitrogens with zero attached hydrogens (tertiary/aromatic N) is 3. The van der Waals surface area contributed by atoms with E-state index < -0.39 is 0 Å². The highest BCUT2D eigenvalue weighted by atomic mass is 16.5. The molecule has 0 amide bonds. The lowest BCUT2D eigenvalue weighted by atomic mass is 9.95. The van der Waals surface area contributed by atoms with E-state index in [1.807, 2.05) is 0 Å². The highest BCUT2D eigenvalue weighted by Crippen LogP contribution is 2.19. The van der Waals surface area contributed by atoms with Crippen molar-refractivity contribution in [3.05, 3.63) is 11.7 Å². The van der Waals surface area contributed by atoms with Crippen LogP contribution in [-0.2, 0) is 17.6 Å². The first kappa shape index (κ1) is 12.2. The summed E-state index contributed by atoms with van der Waals surface area (Å²) in [5, 5.41) is 3.78. The molecule has 0 aromatic carbocycles. The van der Waals surface area contributed by atoms with Crippen LogP contribution in [0.25, 0.3) is 0 Å². The van der Waals surface area contributed by atoms with Crippen molar-refractivity contribution in [2.24, 2.45) is 5.92 Å². The Kier molecular flexibility index (Phi) is 4.25. The molecule has 5 heteroatoms. The van der Waals surface area contributed by atoms with Crippen LogP contribution in [0.5, 0.6) is 0 Å². The number of hydrogen-bond acceptors (Lipinski definition) is 5. The Morgan fingerprint density at radius 2 is 2.47 bits per heavy atom. The van der Waals surface area contributed by atoms with Gasteiger partial charge in [-0.15, -0.1) is 0 Å². The Hall–Kier alpha value is -1.23. The van der Waals surface area contributed by atoms with E-state index in [-0.39, 0.29) is 6.42 Å². The highest BCUT2D eigenvalue weighted by Gasteiger charge is 2.21. The van der Waals surface area contributed by atoms with Crippen LogP contribution in [0, 0.1) is 5.92 Å². The fourth-order valence-corrected chi connectivity index (χ4v) is 2.38. The largest absolute Gasteiger partial charge is 0.339 e. The number of aldehydes is 1. The monoisotopic (exact) mass is 237 g/mol. The summed E-state index contributed by atoms with van der Waals surface area (Å²) in [7, 11) is 0. The first-order valence-corrected chi connectivity index (χ1v) is 6.29. The number of carbonyl (C=O) groups is 1. The van der Waals surface area contributed by atoms with Crippen LogP contribution in [0.1, 0.15) is 31.5 Å². The Balaban J connectivity index is 1.88. The second kappa shape index (κ2) is 5.91. The third-order valence-corrected chi connectivity index (χ3v) is 3.29. The van der Waals surface area contributed by atoms with Crippen molar-refractivity contribution < 1.29 is 9.32 Å². The SMILES string of the molecule is CCN1CCCC(Cc2nc(CC=O)no2)C1. The Morgan fingerprint density at radius 1 is 1.59 bits per heavy atom. The summed E-state index contributed by atoms with van der Waals surface area (Å²) < 4.78 is 5.15. The summed E-state index contributed by atoms with van der Waals surface area (Å²) >= 11 is 0. The summed E-state index contributed by atoms with van der Waals surface area (Å²) in [5.74, 6) is 1.77. The van der Waals surface area contributed by atoms with E-state index >= 15 is 0 Å². The van der Waals surface area contributed by atoms with Crippen LogP contribution in [-0.4, -0.2) is 41.0 Å². The zero-order valence-electron chi connectivity index (χ0n) is 10.3. The smallest absolute Gasteiger partial charge is 0.226 e. The van der Waals surface area contributed by atoms with Crippen molar-refractivity contribution in [3.63, 3.8) is 0 Å². The molecule has 1 unspecified atom stereocenters. The van der Waals surface area contributed by atoms with Gasteiger partial charge in [-0.3, -0.25) is 0 Å². The van der Waals surface area contributed by atoms with Gasteiger partial charge in [-0.2, -0.15) is 4.98 Å². The van der Waals surface area contributed by atoms with E-state index in [0.29, 0.717) is 17.6 Å². The maximum Gasteiger partial charge on any atom is 0.226 e. The van der Waals surface area contributed by atoms with Gasteiger partial charge in [0.2, 0.25) is 5.89 Å². The standard InChI is InChI=1S/C12H19N3O2/c1-2-15-6-3-4-10(9-15)8-12-13-11(5-7-16)14-17-12/h7,10H,2-6,8-9H2,1H3. The minimum atomic E-state index is 0.245. The lowest BCUT2D eigenvalue weighted by Gasteiger charge is -2.30. The predicted molar refractivity (Wildman–Crippen MR) is 62.6 cm³/mol. The molecule has 2 rings (SSSR count). The lowest BCUT2D eigenvalue weighted by molar-refractivity contribution is -0.107. The molecule has 17 heavy (non-hydrogen) atoms. The van der Waals surface area contributed by atoms with Crippen LogP contribution in [0.4, 0.5) is 0 Å². The molecule has 1 aromatic heterocycles.